The molecule has 0 spiro atoms. The minimum atomic E-state index is -0.605. The van der Waals surface area contributed by atoms with Crippen LogP contribution in [0, 0.1) is 10.1 Å². The van der Waals surface area contributed by atoms with E-state index in [0.29, 0.717) is 6.61 Å². The Balaban J connectivity index is 2.42. The van der Waals surface area contributed by atoms with E-state index in [4.69, 9.17) is 9.47 Å². The molecular weight excluding hydrogens is 326 g/mol. The van der Waals surface area contributed by atoms with E-state index >= 15 is 0 Å². The number of carbonyl (C=O) groups is 2. The Morgan fingerprint density at radius 1 is 0.920 bits per heavy atom. The SMILES string of the molecule is CCCCOC1=C(OCCCC)C(=O)c2cc([N+](=O)[O-])ccc2C1=O. The van der Waals surface area contributed by atoms with Gasteiger partial charge in [-0.05, 0) is 18.9 Å². The molecule has 0 heterocycles. The zero-order chi connectivity index (χ0) is 18.4. The predicted octanol–water partition coefficient (Wildman–Crippen LogP) is 3.82. The summed E-state index contributed by atoms with van der Waals surface area (Å²) in [5, 5.41) is 10.9. The number of nitrogens with zero attached hydrogens (tertiary/aromatic N) is 1. The smallest absolute Gasteiger partial charge is 0.270 e. The summed E-state index contributed by atoms with van der Waals surface area (Å²) in [4.78, 5) is 35.8. The van der Waals surface area contributed by atoms with Crippen LogP contribution in [0.4, 0.5) is 5.69 Å². The molecule has 1 aromatic carbocycles. The van der Waals surface area contributed by atoms with Crippen LogP contribution in [0.2, 0.25) is 0 Å². The van der Waals surface area contributed by atoms with Crippen LogP contribution in [0.5, 0.6) is 0 Å². The molecule has 0 radical (unpaired) electrons. The Hall–Kier alpha value is -2.70. The first-order valence-corrected chi connectivity index (χ1v) is 8.38. The molecule has 7 heteroatoms. The zero-order valence-electron chi connectivity index (χ0n) is 14.4. The van der Waals surface area contributed by atoms with E-state index in [2.05, 4.69) is 0 Å². The fraction of sp³-hybridized carbons (Fsp3) is 0.444. The molecule has 25 heavy (non-hydrogen) atoms. The molecule has 7 nitrogen and oxygen atoms in total. The Morgan fingerprint density at radius 3 is 1.92 bits per heavy atom. The van der Waals surface area contributed by atoms with E-state index in [-0.39, 0.29) is 34.9 Å². The van der Waals surface area contributed by atoms with Gasteiger partial charge < -0.3 is 9.47 Å². The van der Waals surface area contributed by atoms with E-state index in [9.17, 15) is 19.7 Å². The average Bonchev–Trinajstić information content (AvgIpc) is 2.61. The van der Waals surface area contributed by atoms with E-state index in [1.807, 2.05) is 13.8 Å². The molecule has 0 fully saturated rings. The first-order valence-electron chi connectivity index (χ1n) is 8.38. The van der Waals surface area contributed by atoms with Crippen LogP contribution in [-0.4, -0.2) is 29.7 Å². The van der Waals surface area contributed by atoms with Crippen molar-refractivity contribution in [1.29, 1.82) is 0 Å². The normalized spacial score (nSPS) is 13.7. The third-order valence-electron chi connectivity index (χ3n) is 3.81. The third-order valence-corrected chi connectivity index (χ3v) is 3.81. The summed E-state index contributed by atoms with van der Waals surface area (Å²) in [6.45, 7) is 4.53. The van der Waals surface area contributed by atoms with Crippen molar-refractivity contribution in [3.8, 4) is 0 Å². The second kappa shape index (κ2) is 8.41. The number of Topliss-reactive ketones (excluding diaryl/α,β-unsaturated/α-hetero) is 2. The number of non-ortho nitro benzene ring substituents is 1. The van der Waals surface area contributed by atoms with Crippen molar-refractivity contribution < 1.29 is 24.0 Å². The summed E-state index contributed by atoms with van der Waals surface area (Å²) in [7, 11) is 0. The minimum Gasteiger partial charge on any atom is -0.486 e. The summed E-state index contributed by atoms with van der Waals surface area (Å²) in [5.74, 6) is -1.29. The predicted molar refractivity (Wildman–Crippen MR) is 90.5 cm³/mol. The van der Waals surface area contributed by atoms with Gasteiger partial charge in [0, 0.05) is 23.3 Å². The van der Waals surface area contributed by atoms with Crippen LogP contribution in [0.3, 0.4) is 0 Å². The van der Waals surface area contributed by atoms with Crippen LogP contribution >= 0.6 is 0 Å². The van der Waals surface area contributed by atoms with Gasteiger partial charge in [0.25, 0.3) is 5.69 Å². The molecule has 0 N–H and O–H groups in total. The highest BCUT2D eigenvalue weighted by atomic mass is 16.6. The summed E-state index contributed by atoms with van der Waals surface area (Å²) in [6.07, 6.45) is 3.20. The van der Waals surface area contributed by atoms with Crippen LogP contribution in [-0.2, 0) is 9.47 Å². The van der Waals surface area contributed by atoms with Gasteiger partial charge in [-0.15, -0.1) is 0 Å². The number of nitro groups is 1. The quantitative estimate of drug-likeness (QED) is 0.383. The third kappa shape index (κ3) is 4.04. The molecule has 1 aliphatic rings. The van der Waals surface area contributed by atoms with Gasteiger partial charge in [-0.3, -0.25) is 19.7 Å². The molecule has 2 rings (SSSR count). The maximum absolute atomic E-state index is 12.7. The number of unbranched alkanes of at least 4 members (excludes halogenated alkanes) is 2. The molecule has 1 aliphatic carbocycles. The number of benzene rings is 1. The summed E-state index contributed by atoms with van der Waals surface area (Å²) in [6, 6.07) is 3.61. The molecule has 0 unspecified atom stereocenters. The van der Waals surface area contributed by atoms with Gasteiger partial charge in [0.05, 0.1) is 18.1 Å². The second-order valence-corrected chi connectivity index (χ2v) is 5.71. The average molecular weight is 347 g/mol. The maximum Gasteiger partial charge on any atom is 0.270 e. The van der Waals surface area contributed by atoms with Crippen molar-refractivity contribution in [3.05, 3.63) is 51.0 Å². The number of allylic oxidation sites excluding steroid dienone is 2. The highest BCUT2D eigenvalue weighted by Crippen LogP contribution is 2.30. The minimum absolute atomic E-state index is 0.0199. The molecule has 0 aliphatic heterocycles. The van der Waals surface area contributed by atoms with Crippen LogP contribution < -0.4 is 0 Å². The van der Waals surface area contributed by atoms with Crippen LogP contribution in [0.1, 0.15) is 60.2 Å². The molecule has 134 valence electrons. The fourth-order valence-corrected chi connectivity index (χ4v) is 2.38. The first-order chi connectivity index (χ1) is 12.0. The summed E-state index contributed by atoms with van der Waals surface area (Å²) < 4.78 is 11.1. The van der Waals surface area contributed by atoms with Crippen molar-refractivity contribution in [2.24, 2.45) is 0 Å². The van der Waals surface area contributed by atoms with Crippen molar-refractivity contribution in [1.82, 2.24) is 0 Å². The van der Waals surface area contributed by atoms with E-state index in [1.54, 1.807) is 0 Å². The van der Waals surface area contributed by atoms with Gasteiger partial charge in [-0.1, -0.05) is 26.7 Å². The van der Waals surface area contributed by atoms with Crippen molar-refractivity contribution in [2.45, 2.75) is 39.5 Å². The number of fused-ring (bicyclic) bond motifs is 1. The van der Waals surface area contributed by atoms with Crippen molar-refractivity contribution in [2.75, 3.05) is 13.2 Å². The number of hydrogen-bond acceptors (Lipinski definition) is 6. The highest BCUT2D eigenvalue weighted by Gasteiger charge is 2.36. The lowest BCUT2D eigenvalue weighted by atomic mass is 9.91. The van der Waals surface area contributed by atoms with Crippen LogP contribution in [0.25, 0.3) is 0 Å². The number of ketones is 2. The monoisotopic (exact) mass is 347 g/mol. The lowest BCUT2D eigenvalue weighted by molar-refractivity contribution is -0.384. The standard InChI is InChI=1S/C18H21NO6/c1-3-5-9-24-17-15(20)13-8-7-12(19(22)23)11-14(13)16(21)18(17)25-10-6-4-2/h7-8,11H,3-6,9-10H2,1-2H3. The highest BCUT2D eigenvalue weighted by molar-refractivity contribution is 6.25. The number of carbonyl (C=O) groups excluding carboxylic acids is 2. The van der Waals surface area contributed by atoms with Gasteiger partial charge in [0.2, 0.25) is 23.1 Å². The molecular formula is C18H21NO6. The van der Waals surface area contributed by atoms with E-state index in [1.165, 1.54) is 12.1 Å². The molecule has 1 aromatic rings. The first kappa shape index (κ1) is 18.6. The van der Waals surface area contributed by atoms with Crippen LogP contribution in [0.15, 0.2) is 29.7 Å². The Labute approximate surface area is 145 Å². The molecule has 0 amide bonds. The summed E-state index contributed by atoms with van der Waals surface area (Å²) in [5.41, 5.74) is -0.165. The topological polar surface area (TPSA) is 95.7 Å². The van der Waals surface area contributed by atoms with Gasteiger partial charge >= 0.3 is 0 Å². The van der Waals surface area contributed by atoms with Crippen molar-refractivity contribution in [3.63, 3.8) is 0 Å². The van der Waals surface area contributed by atoms with Gasteiger partial charge in [0.15, 0.2) is 0 Å². The fourth-order valence-electron chi connectivity index (χ4n) is 2.38. The molecule has 0 bridgehead atoms. The van der Waals surface area contributed by atoms with Gasteiger partial charge in [0.1, 0.15) is 0 Å². The molecule has 0 saturated heterocycles. The van der Waals surface area contributed by atoms with Gasteiger partial charge in [-0.25, -0.2) is 0 Å². The maximum atomic E-state index is 12.7. The Bertz CT molecular complexity index is 722. The van der Waals surface area contributed by atoms with Gasteiger partial charge in [-0.2, -0.15) is 0 Å². The number of ether oxygens (including phenoxy) is 2. The Morgan fingerprint density at radius 2 is 1.44 bits per heavy atom. The molecule has 0 saturated carbocycles. The number of nitro benzene ring substituents is 1. The largest absolute Gasteiger partial charge is 0.486 e. The zero-order valence-corrected chi connectivity index (χ0v) is 14.4. The lowest BCUT2D eigenvalue weighted by Gasteiger charge is -2.21. The second-order valence-electron chi connectivity index (χ2n) is 5.71. The van der Waals surface area contributed by atoms with E-state index < -0.39 is 16.5 Å². The number of hydrogen-bond donors (Lipinski definition) is 0. The number of rotatable bonds is 9. The molecule has 0 aromatic heterocycles. The Kier molecular flexibility index (Phi) is 6.27. The summed E-state index contributed by atoms with van der Waals surface area (Å²) >= 11 is 0. The van der Waals surface area contributed by atoms with Crippen molar-refractivity contribution >= 4 is 17.3 Å². The van der Waals surface area contributed by atoms with E-state index in [0.717, 1.165) is 31.7 Å². The molecule has 0 atom stereocenters. The lowest BCUT2D eigenvalue weighted by Crippen LogP contribution is -2.25.